The van der Waals surface area contributed by atoms with Crippen LogP contribution in [0.3, 0.4) is 0 Å². The summed E-state index contributed by atoms with van der Waals surface area (Å²) in [5, 5.41) is 11.8. The minimum atomic E-state index is -0.158. The highest BCUT2D eigenvalue weighted by molar-refractivity contribution is 5.89. The lowest BCUT2D eigenvalue weighted by Gasteiger charge is -2.27. The summed E-state index contributed by atoms with van der Waals surface area (Å²) >= 11 is 0. The lowest BCUT2D eigenvalue weighted by atomic mass is 10.0. The van der Waals surface area contributed by atoms with E-state index in [-0.39, 0.29) is 23.9 Å². The van der Waals surface area contributed by atoms with Gasteiger partial charge in [-0.3, -0.25) is 4.79 Å². The summed E-state index contributed by atoms with van der Waals surface area (Å²) in [7, 11) is 0. The Morgan fingerprint density at radius 1 is 1.18 bits per heavy atom. The summed E-state index contributed by atoms with van der Waals surface area (Å²) in [4.78, 5) is 23.6. The highest BCUT2D eigenvalue weighted by atomic mass is 16.2. The Hall–Kier alpha value is -2.08. The molecule has 0 aromatic heterocycles. The van der Waals surface area contributed by atoms with Gasteiger partial charge < -0.3 is 21.3 Å². The first-order valence-corrected chi connectivity index (χ1v) is 7.80. The Balaban J connectivity index is 1.51. The van der Waals surface area contributed by atoms with Gasteiger partial charge in [-0.2, -0.15) is 0 Å². The number of hydrogen-bond acceptors (Lipinski definition) is 3. The second-order valence-electron chi connectivity index (χ2n) is 6.08. The molecule has 1 aliphatic carbocycles. The van der Waals surface area contributed by atoms with E-state index in [2.05, 4.69) is 21.3 Å². The number of nitrogens with one attached hydrogen (secondary N) is 4. The quantitative estimate of drug-likeness (QED) is 0.663. The number of hydrogen-bond donors (Lipinski definition) is 4. The van der Waals surface area contributed by atoms with Gasteiger partial charge in [0, 0.05) is 24.8 Å². The molecule has 1 unspecified atom stereocenters. The van der Waals surface area contributed by atoms with E-state index in [1.807, 2.05) is 31.2 Å². The van der Waals surface area contributed by atoms with Gasteiger partial charge in [0.2, 0.25) is 5.91 Å². The molecule has 3 amide bonds. The van der Waals surface area contributed by atoms with Gasteiger partial charge in [-0.25, -0.2) is 4.79 Å². The van der Waals surface area contributed by atoms with Crippen molar-refractivity contribution in [2.45, 2.75) is 31.8 Å². The number of rotatable bonds is 5. The van der Waals surface area contributed by atoms with Gasteiger partial charge in [0.1, 0.15) is 0 Å². The zero-order valence-electron chi connectivity index (χ0n) is 12.7. The predicted molar refractivity (Wildman–Crippen MR) is 84.5 cm³/mol. The molecule has 0 bridgehead atoms. The molecule has 1 saturated carbocycles. The van der Waals surface area contributed by atoms with Crippen molar-refractivity contribution in [1.82, 2.24) is 16.0 Å². The van der Waals surface area contributed by atoms with E-state index in [9.17, 15) is 9.59 Å². The molecule has 6 heteroatoms. The van der Waals surface area contributed by atoms with Crippen LogP contribution >= 0.6 is 0 Å². The van der Waals surface area contributed by atoms with Crippen LogP contribution in [0.2, 0.25) is 0 Å². The third-order valence-corrected chi connectivity index (χ3v) is 4.09. The molecule has 2 fully saturated rings. The fourth-order valence-electron chi connectivity index (χ4n) is 2.32. The lowest BCUT2D eigenvalue weighted by molar-refractivity contribution is -0.127. The minimum Gasteiger partial charge on any atom is -0.349 e. The molecule has 22 heavy (non-hydrogen) atoms. The average Bonchev–Trinajstić information content (AvgIpc) is 3.21. The molecule has 1 aromatic carbocycles. The first-order chi connectivity index (χ1) is 10.6. The fraction of sp³-hybridized carbons (Fsp3) is 0.500. The second kappa shape index (κ2) is 6.36. The van der Waals surface area contributed by atoms with Crippen molar-refractivity contribution in [3.63, 3.8) is 0 Å². The molecular weight excluding hydrogens is 280 g/mol. The summed E-state index contributed by atoms with van der Waals surface area (Å²) in [6.07, 6.45) is 2.14. The molecule has 1 saturated heterocycles. The second-order valence-corrected chi connectivity index (χ2v) is 6.08. The third-order valence-electron chi connectivity index (χ3n) is 4.09. The highest BCUT2D eigenvalue weighted by Gasteiger charge is 2.26. The predicted octanol–water partition coefficient (Wildman–Crippen LogP) is 1.37. The average molecular weight is 302 g/mol. The topological polar surface area (TPSA) is 82.3 Å². The molecule has 4 N–H and O–H groups in total. The monoisotopic (exact) mass is 302 g/mol. The van der Waals surface area contributed by atoms with Crippen LogP contribution in [0, 0.1) is 5.92 Å². The van der Waals surface area contributed by atoms with Crippen molar-refractivity contribution in [3.05, 3.63) is 29.8 Å². The van der Waals surface area contributed by atoms with Crippen LogP contribution < -0.4 is 21.3 Å². The van der Waals surface area contributed by atoms with E-state index in [0.717, 1.165) is 37.2 Å². The summed E-state index contributed by atoms with van der Waals surface area (Å²) in [6.45, 7) is 3.49. The van der Waals surface area contributed by atoms with Gasteiger partial charge in [0.15, 0.2) is 0 Å². The van der Waals surface area contributed by atoms with Crippen LogP contribution in [-0.2, 0) is 4.79 Å². The van der Waals surface area contributed by atoms with E-state index in [1.165, 1.54) is 0 Å². The summed E-state index contributed by atoms with van der Waals surface area (Å²) < 4.78 is 0. The van der Waals surface area contributed by atoms with Crippen molar-refractivity contribution >= 4 is 17.6 Å². The number of benzene rings is 1. The van der Waals surface area contributed by atoms with E-state index in [1.54, 1.807) is 0 Å². The third kappa shape index (κ3) is 3.76. The van der Waals surface area contributed by atoms with Crippen molar-refractivity contribution in [2.24, 2.45) is 5.92 Å². The molecule has 3 rings (SSSR count). The van der Waals surface area contributed by atoms with Gasteiger partial charge >= 0.3 is 6.03 Å². The maximum atomic E-state index is 11.9. The molecule has 2 aliphatic rings. The number of urea groups is 1. The molecule has 1 heterocycles. The van der Waals surface area contributed by atoms with E-state index in [0.29, 0.717) is 6.04 Å². The van der Waals surface area contributed by atoms with Gasteiger partial charge in [0.25, 0.3) is 0 Å². The SMILES string of the molecule is CC(NC(=O)C1CNC1)c1ccc(NC(=O)NC2CC2)cc1. The standard InChI is InChI=1S/C16H22N4O2/c1-10(18-15(21)12-8-17-9-12)11-2-4-13(5-3-11)19-16(22)20-14-6-7-14/h2-5,10,12,14,17H,6-9H2,1H3,(H,18,21)(H2,19,20,22). The Morgan fingerprint density at radius 3 is 2.41 bits per heavy atom. The zero-order chi connectivity index (χ0) is 15.5. The summed E-state index contributed by atoms with van der Waals surface area (Å²) in [6, 6.07) is 7.71. The normalized spacial score (nSPS) is 19.0. The van der Waals surface area contributed by atoms with Crippen LogP contribution in [0.25, 0.3) is 0 Å². The molecule has 6 nitrogen and oxygen atoms in total. The summed E-state index contributed by atoms with van der Waals surface area (Å²) in [5.74, 6) is 0.187. The van der Waals surface area contributed by atoms with Crippen LogP contribution in [0.4, 0.5) is 10.5 Å². The Bertz CT molecular complexity index is 550. The largest absolute Gasteiger partial charge is 0.349 e. The number of carbonyl (C=O) groups is 2. The maximum absolute atomic E-state index is 11.9. The smallest absolute Gasteiger partial charge is 0.319 e. The Morgan fingerprint density at radius 2 is 1.86 bits per heavy atom. The first-order valence-electron chi connectivity index (χ1n) is 7.80. The van der Waals surface area contributed by atoms with Gasteiger partial charge in [-0.1, -0.05) is 12.1 Å². The molecule has 1 aromatic rings. The molecule has 0 radical (unpaired) electrons. The molecule has 0 spiro atoms. The number of anilines is 1. The Labute approximate surface area is 130 Å². The van der Waals surface area contributed by atoms with Gasteiger partial charge in [-0.05, 0) is 37.5 Å². The van der Waals surface area contributed by atoms with Crippen molar-refractivity contribution in [1.29, 1.82) is 0 Å². The number of carbonyl (C=O) groups excluding carboxylic acids is 2. The molecular formula is C16H22N4O2. The number of amides is 3. The minimum absolute atomic E-state index is 0.0394. The molecule has 118 valence electrons. The van der Waals surface area contributed by atoms with Crippen molar-refractivity contribution in [2.75, 3.05) is 18.4 Å². The fourth-order valence-corrected chi connectivity index (χ4v) is 2.32. The highest BCUT2D eigenvalue weighted by Crippen LogP contribution is 2.20. The molecule has 1 atom stereocenters. The van der Waals surface area contributed by atoms with Crippen molar-refractivity contribution in [3.8, 4) is 0 Å². The lowest BCUT2D eigenvalue weighted by Crippen LogP contribution is -2.51. The summed E-state index contributed by atoms with van der Waals surface area (Å²) in [5.41, 5.74) is 1.78. The van der Waals surface area contributed by atoms with Crippen molar-refractivity contribution < 1.29 is 9.59 Å². The van der Waals surface area contributed by atoms with Crippen LogP contribution in [0.15, 0.2) is 24.3 Å². The van der Waals surface area contributed by atoms with Crippen LogP contribution in [0.1, 0.15) is 31.4 Å². The van der Waals surface area contributed by atoms with Gasteiger partial charge in [-0.15, -0.1) is 0 Å². The van der Waals surface area contributed by atoms with E-state index >= 15 is 0 Å². The maximum Gasteiger partial charge on any atom is 0.319 e. The zero-order valence-corrected chi connectivity index (χ0v) is 12.7. The van der Waals surface area contributed by atoms with E-state index in [4.69, 9.17) is 0 Å². The Kier molecular flexibility index (Phi) is 4.29. The van der Waals surface area contributed by atoms with Crippen LogP contribution in [0.5, 0.6) is 0 Å². The van der Waals surface area contributed by atoms with Gasteiger partial charge in [0.05, 0.1) is 12.0 Å². The first kappa shape index (κ1) is 14.8. The van der Waals surface area contributed by atoms with Crippen LogP contribution in [-0.4, -0.2) is 31.1 Å². The molecule has 1 aliphatic heterocycles. The van der Waals surface area contributed by atoms with E-state index < -0.39 is 0 Å².